The molecule has 0 aliphatic carbocycles. The van der Waals surface area contributed by atoms with Crippen LogP contribution in [0.3, 0.4) is 0 Å². The van der Waals surface area contributed by atoms with E-state index in [2.05, 4.69) is 223 Å². The predicted molar refractivity (Wildman–Crippen MR) is 286 cm³/mol. The van der Waals surface area contributed by atoms with Gasteiger partial charge in [0.15, 0.2) is 0 Å². The molecule has 2 heteroatoms. The SMILES string of the molecule is CC(C)(C)c1ccc2c(c1)c1cc(-c3ccc4ccc5c(-c6cc7c8cc(C(C)(C)C)ccc8n8c9ccc(C(C)(C)C)cc9c(c6)c78)ccc6ccc3c4c65)cc3c4ccccc4n2c31. The molecule has 14 rings (SSSR count). The van der Waals surface area contributed by atoms with Crippen molar-refractivity contribution in [3.8, 4) is 22.3 Å². The number of benzene rings is 10. The number of rotatable bonds is 2. The average Bonchev–Trinajstić information content (AvgIpc) is 4.02. The van der Waals surface area contributed by atoms with Gasteiger partial charge in [0.1, 0.15) is 0 Å². The summed E-state index contributed by atoms with van der Waals surface area (Å²) in [6, 6.07) is 59.3. The number of para-hydroxylation sites is 1. The Kier molecular flexibility index (Phi) is 7.16. The second-order valence-electron chi connectivity index (χ2n) is 22.6. The number of nitrogens with zero attached hydrogens (tertiary/aromatic N) is 2. The van der Waals surface area contributed by atoms with Gasteiger partial charge in [0.25, 0.3) is 0 Å². The fourth-order valence-corrected chi connectivity index (χ4v) is 12.1. The molecular formula is C64H52N2. The zero-order chi connectivity index (χ0) is 44.9. The molecule has 66 heavy (non-hydrogen) atoms. The molecule has 10 aromatic carbocycles. The van der Waals surface area contributed by atoms with Gasteiger partial charge in [-0.1, -0.05) is 147 Å². The first-order valence-electron chi connectivity index (χ1n) is 23.8. The van der Waals surface area contributed by atoms with E-state index in [1.165, 1.54) is 147 Å². The van der Waals surface area contributed by atoms with Crippen molar-refractivity contribution in [2.75, 3.05) is 0 Å². The molecular weight excluding hydrogens is 797 g/mol. The van der Waals surface area contributed by atoms with Gasteiger partial charge in [0, 0.05) is 43.1 Å². The molecule has 14 aromatic rings. The molecule has 0 saturated heterocycles. The molecule has 0 atom stereocenters. The molecule has 0 spiro atoms. The molecule has 0 bridgehead atoms. The highest BCUT2D eigenvalue weighted by Crippen LogP contribution is 2.49. The van der Waals surface area contributed by atoms with Crippen molar-refractivity contribution in [2.24, 2.45) is 0 Å². The molecule has 0 radical (unpaired) electrons. The summed E-state index contributed by atoms with van der Waals surface area (Å²) in [4.78, 5) is 0. The van der Waals surface area contributed by atoms with Crippen LogP contribution >= 0.6 is 0 Å². The van der Waals surface area contributed by atoms with Gasteiger partial charge in [-0.15, -0.1) is 0 Å². The van der Waals surface area contributed by atoms with Crippen molar-refractivity contribution in [2.45, 2.75) is 78.6 Å². The molecule has 0 aliphatic rings. The van der Waals surface area contributed by atoms with Crippen LogP contribution < -0.4 is 0 Å². The minimum Gasteiger partial charge on any atom is -0.308 e. The van der Waals surface area contributed by atoms with E-state index < -0.39 is 0 Å². The minimum absolute atomic E-state index is 0.0420. The molecule has 0 saturated carbocycles. The summed E-state index contributed by atoms with van der Waals surface area (Å²) in [5, 5.41) is 18.4. The van der Waals surface area contributed by atoms with Crippen molar-refractivity contribution in [3.05, 3.63) is 168 Å². The largest absolute Gasteiger partial charge is 0.308 e. The van der Waals surface area contributed by atoms with E-state index in [0.717, 1.165) is 0 Å². The van der Waals surface area contributed by atoms with Crippen LogP contribution in [0.2, 0.25) is 0 Å². The molecule has 0 N–H and O–H groups in total. The maximum atomic E-state index is 2.53. The predicted octanol–water partition coefficient (Wildman–Crippen LogP) is 18.1. The first-order valence-corrected chi connectivity index (χ1v) is 23.8. The average molecular weight is 849 g/mol. The summed E-state index contributed by atoms with van der Waals surface area (Å²) < 4.78 is 5.04. The van der Waals surface area contributed by atoms with Crippen molar-refractivity contribution >= 4 is 109 Å². The summed E-state index contributed by atoms with van der Waals surface area (Å²) in [6.07, 6.45) is 0. The van der Waals surface area contributed by atoms with Crippen LogP contribution in [-0.2, 0) is 16.2 Å². The molecule has 0 unspecified atom stereocenters. The molecule has 4 aromatic heterocycles. The topological polar surface area (TPSA) is 8.82 Å². The maximum absolute atomic E-state index is 2.53. The molecule has 2 nitrogen and oxygen atoms in total. The van der Waals surface area contributed by atoms with Crippen LogP contribution in [0.5, 0.6) is 0 Å². The van der Waals surface area contributed by atoms with E-state index in [0.29, 0.717) is 0 Å². The van der Waals surface area contributed by atoms with E-state index in [4.69, 9.17) is 0 Å². The summed E-state index contributed by atoms with van der Waals surface area (Å²) >= 11 is 0. The Morgan fingerprint density at radius 1 is 0.288 bits per heavy atom. The summed E-state index contributed by atoms with van der Waals surface area (Å²) in [7, 11) is 0. The van der Waals surface area contributed by atoms with Gasteiger partial charge in [0.2, 0.25) is 0 Å². The van der Waals surface area contributed by atoms with Crippen molar-refractivity contribution in [1.82, 2.24) is 8.80 Å². The fourth-order valence-electron chi connectivity index (χ4n) is 12.1. The third-order valence-electron chi connectivity index (χ3n) is 15.6. The summed E-state index contributed by atoms with van der Waals surface area (Å²) in [5.74, 6) is 0. The highest BCUT2D eigenvalue weighted by molar-refractivity contribution is 6.30. The lowest BCUT2D eigenvalue weighted by atomic mass is 9.85. The second-order valence-corrected chi connectivity index (χ2v) is 22.6. The normalized spacial score (nSPS) is 13.5. The quantitative estimate of drug-likeness (QED) is 0.153. The van der Waals surface area contributed by atoms with Gasteiger partial charge in [-0.05, 0) is 154 Å². The smallest absolute Gasteiger partial charge is 0.0620 e. The van der Waals surface area contributed by atoms with Gasteiger partial charge in [-0.25, -0.2) is 0 Å². The van der Waals surface area contributed by atoms with Crippen molar-refractivity contribution < 1.29 is 0 Å². The number of aromatic nitrogens is 2. The zero-order valence-corrected chi connectivity index (χ0v) is 39.3. The Balaban J connectivity index is 1.04. The van der Waals surface area contributed by atoms with E-state index in [9.17, 15) is 0 Å². The Bertz CT molecular complexity index is 4270. The van der Waals surface area contributed by atoms with Gasteiger partial charge in [0.05, 0.1) is 33.1 Å². The lowest BCUT2D eigenvalue weighted by Gasteiger charge is -2.20. The summed E-state index contributed by atoms with van der Waals surface area (Å²) in [6.45, 7) is 20.9. The molecule has 4 heterocycles. The standard InChI is InChI=1S/C64H52N2/c1-62(2,3)39-18-25-55-47(32-39)51-29-37(28-50-44-12-10-11-13-54(44)65(55)60(50)51)42-21-14-35-17-24-46-43(22-15-36-16-23-45(42)58(35)59(36)46)38-30-52-48-33-40(63(4,5)6)19-26-56(48)66-57-27-20-41(64(7,8)9)34-49(57)53(31-38)61(52)66/h10-34H,1-9H3. The minimum atomic E-state index is 0.0420. The first kappa shape index (κ1) is 38.1. The van der Waals surface area contributed by atoms with Crippen LogP contribution in [0, 0.1) is 0 Å². The number of hydrogen-bond acceptors (Lipinski definition) is 0. The molecule has 0 amide bonds. The third-order valence-corrected chi connectivity index (χ3v) is 15.6. The van der Waals surface area contributed by atoms with Crippen LogP contribution in [-0.4, -0.2) is 8.80 Å². The Hall–Kier alpha value is -7.16. The van der Waals surface area contributed by atoms with E-state index in [1.807, 2.05) is 0 Å². The van der Waals surface area contributed by atoms with Crippen molar-refractivity contribution in [3.63, 3.8) is 0 Å². The van der Waals surface area contributed by atoms with Crippen LogP contribution in [0.15, 0.2) is 152 Å². The first-order chi connectivity index (χ1) is 31.6. The Morgan fingerprint density at radius 3 is 1.03 bits per heavy atom. The van der Waals surface area contributed by atoms with Gasteiger partial charge >= 0.3 is 0 Å². The van der Waals surface area contributed by atoms with E-state index >= 15 is 0 Å². The zero-order valence-electron chi connectivity index (χ0n) is 39.3. The maximum Gasteiger partial charge on any atom is 0.0620 e. The Labute approximate surface area is 384 Å². The highest BCUT2D eigenvalue weighted by atomic mass is 14.9. The molecule has 0 aliphatic heterocycles. The van der Waals surface area contributed by atoms with Crippen LogP contribution in [0.25, 0.3) is 131 Å². The van der Waals surface area contributed by atoms with Gasteiger partial charge in [-0.2, -0.15) is 0 Å². The number of hydrogen-bond donors (Lipinski definition) is 0. The monoisotopic (exact) mass is 848 g/mol. The second kappa shape index (κ2) is 12.4. The molecule has 0 fully saturated rings. The van der Waals surface area contributed by atoms with Crippen LogP contribution in [0.1, 0.15) is 79.0 Å². The third kappa shape index (κ3) is 4.97. The lowest BCUT2D eigenvalue weighted by Crippen LogP contribution is -2.10. The van der Waals surface area contributed by atoms with Crippen molar-refractivity contribution in [1.29, 1.82) is 0 Å². The van der Waals surface area contributed by atoms with E-state index in [1.54, 1.807) is 0 Å². The highest BCUT2D eigenvalue weighted by Gasteiger charge is 2.26. The lowest BCUT2D eigenvalue weighted by molar-refractivity contribution is 0.591. The number of fused-ring (bicyclic) bond motifs is 12. The Morgan fingerprint density at radius 2 is 0.636 bits per heavy atom. The van der Waals surface area contributed by atoms with Crippen LogP contribution in [0.4, 0.5) is 0 Å². The van der Waals surface area contributed by atoms with Gasteiger partial charge < -0.3 is 8.80 Å². The van der Waals surface area contributed by atoms with Gasteiger partial charge in [-0.3, -0.25) is 0 Å². The fraction of sp³-hybridized carbons (Fsp3) is 0.188. The van der Waals surface area contributed by atoms with E-state index in [-0.39, 0.29) is 16.2 Å². The molecule has 318 valence electrons. The summed E-state index contributed by atoms with van der Waals surface area (Å²) in [5.41, 5.74) is 17.1.